The first kappa shape index (κ1) is 22.1. The van der Waals surface area contributed by atoms with E-state index in [1.165, 1.54) is 36.4 Å². The number of carbonyl (C=O) groups is 1. The van der Waals surface area contributed by atoms with Gasteiger partial charge in [0.25, 0.3) is 0 Å². The van der Waals surface area contributed by atoms with E-state index in [4.69, 9.17) is 9.47 Å². The third-order valence-electron chi connectivity index (χ3n) is 4.22. The molecular weight excluding hydrogens is 432 g/mol. The summed E-state index contributed by atoms with van der Waals surface area (Å²) in [6, 6.07) is 10.2. The Morgan fingerprint density at radius 3 is 2.43 bits per heavy atom. The third kappa shape index (κ3) is 5.71. The van der Waals surface area contributed by atoms with Crippen LogP contribution < -0.4 is 19.5 Å². The first-order valence-electron chi connectivity index (χ1n) is 9.14. The number of fused-ring (bicyclic) bond motifs is 1. The zero-order valence-corrected chi connectivity index (χ0v) is 17.9. The van der Waals surface area contributed by atoms with Crippen molar-refractivity contribution in [2.75, 3.05) is 31.3 Å². The highest BCUT2D eigenvalue weighted by molar-refractivity contribution is 7.90. The van der Waals surface area contributed by atoms with E-state index in [9.17, 15) is 21.6 Å². The van der Waals surface area contributed by atoms with E-state index < -0.39 is 25.8 Å². The van der Waals surface area contributed by atoms with Gasteiger partial charge in [0.15, 0.2) is 21.3 Å². The normalized spacial score (nSPS) is 14.0. The van der Waals surface area contributed by atoms with Crippen molar-refractivity contribution >= 4 is 31.5 Å². The Morgan fingerprint density at radius 1 is 0.967 bits per heavy atom. The standard InChI is InChI=1S/C19H22N2O7S2/c1-29(23,24)15-5-2-4-14(12-15)21-19(22)8-9-20-30(25,26)16-6-7-17-18(13-16)28-11-3-10-27-17/h2,4-7,12-13,20H,3,8-11H2,1H3,(H,21,22). The van der Waals surface area contributed by atoms with Gasteiger partial charge in [0.05, 0.1) is 23.0 Å². The summed E-state index contributed by atoms with van der Waals surface area (Å²) < 4.78 is 61.5. The lowest BCUT2D eigenvalue weighted by molar-refractivity contribution is -0.116. The molecule has 2 N–H and O–H groups in total. The van der Waals surface area contributed by atoms with E-state index in [-0.39, 0.29) is 22.8 Å². The van der Waals surface area contributed by atoms with Gasteiger partial charge in [-0.25, -0.2) is 21.6 Å². The van der Waals surface area contributed by atoms with Crippen LogP contribution in [-0.2, 0) is 24.7 Å². The summed E-state index contributed by atoms with van der Waals surface area (Å²) in [5.41, 5.74) is 0.314. The number of rotatable bonds is 7. The van der Waals surface area contributed by atoms with Crippen molar-refractivity contribution in [3.63, 3.8) is 0 Å². The van der Waals surface area contributed by atoms with Crippen molar-refractivity contribution in [3.8, 4) is 11.5 Å². The zero-order valence-electron chi connectivity index (χ0n) is 16.3. The number of anilines is 1. The van der Waals surface area contributed by atoms with E-state index >= 15 is 0 Å². The third-order valence-corrected chi connectivity index (χ3v) is 6.79. The summed E-state index contributed by atoms with van der Waals surface area (Å²) in [4.78, 5) is 12.2. The van der Waals surface area contributed by atoms with Gasteiger partial charge in [0, 0.05) is 37.4 Å². The zero-order chi connectivity index (χ0) is 21.8. The number of sulfonamides is 1. The maximum atomic E-state index is 12.5. The highest BCUT2D eigenvalue weighted by atomic mass is 32.2. The first-order chi connectivity index (χ1) is 14.1. The van der Waals surface area contributed by atoms with Crippen molar-refractivity contribution in [1.82, 2.24) is 4.72 Å². The molecule has 9 nitrogen and oxygen atoms in total. The molecule has 1 amide bonds. The van der Waals surface area contributed by atoms with Crippen LogP contribution in [0.5, 0.6) is 11.5 Å². The van der Waals surface area contributed by atoms with Gasteiger partial charge in [-0.05, 0) is 30.3 Å². The van der Waals surface area contributed by atoms with Crippen LogP contribution in [0.15, 0.2) is 52.3 Å². The van der Waals surface area contributed by atoms with Crippen LogP contribution in [0.2, 0.25) is 0 Å². The molecule has 1 heterocycles. The molecule has 0 atom stereocenters. The fourth-order valence-electron chi connectivity index (χ4n) is 2.72. The smallest absolute Gasteiger partial charge is 0.240 e. The van der Waals surface area contributed by atoms with E-state index in [0.717, 1.165) is 6.26 Å². The van der Waals surface area contributed by atoms with Gasteiger partial charge in [-0.2, -0.15) is 0 Å². The first-order valence-corrected chi connectivity index (χ1v) is 12.5. The van der Waals surface area contributed by atoms with Crippen molar-refractivity contribution in [1.29, 1.82) is 0 Å². The molecule has 0 saturated carbocycles. The average molecular weight is 455 g/mol. The Bertz CT molecular complexity index is 1150. The number of nitrogens with one attached hydrogen (secondary N) is 2. The van der Waals surface area contributed by atoms with E-state index in [0.29, 0.717) is 36.8 Å². The summed E-state index contributed by atoms with van der Waals surface area (Å²) >= 11 is 0. The number of ether oxygens (including phenoxy) is 2. The van der Waals surface area contributed by atoms with Crippen LogP contribution in [-0.4, -0.2) is 48.8 Å². The minimum absolute atomic E-state index is 0.00742. The number of hydrogen-bond donors (Lipinski definition) is 2. The molecule has 1 aliphatic heterocycles. The second-order valence-electron chi connectivity index (χ2n) is 6.65. The summed E-state index contributed by atoms with van der Waals surface area (Å²) in [5, 5.41) is 2.55. The molecule has 0 aliphatic carbocycles. The molecular formula is C19H22N2O7S2. The minimum Gasteiger partial charge on any atom is -0.490 e. The second kappa shape index (κ2) is 9.02. The Labute approximate surface area is 175 Å². The van der Waals surface area contributed by atoms with Crippen molar-refractivity contribution < 1.29 is 31.1 Å². The van der Waals surface area contributed by atoms with Crippen LogP contribution in [0.25, 0.3) is 0 Å². The predicted molar refractivity (Wildman–Crippen MR) is 110 cm³/mol. The molecule has 30 heavy (non-hydrogen) atoms. The highest BCUT2D eigenvalue weighted by Gasteiger charge is 2.19. The maximum absolute atomic E-state index is 12.5. The van der Waals surface area contributed by atoms with Gasteiger partial charge in [0.2, 0.25) is 15.9 Å². The van der Waals surface area contributed by atoms with E-state index in [1.54, 1.807) is 6.07 Å². The molecule has 0 unspecified atom stereocenters. The number of hydrogen-bond acceptors (Lipinski definition) is 7. The van der Waals surface area contributed by atoms with Gasteiger partial charge < -0.3 is 14.8 Å². The molecule has 0 bridgehead atoms. The van der Waals surface area contributed by atoms with Crippen molar-refractivity contribution in [2.45, 2.75) is 22.6 Å². The second-order valence-corrected chi connectivity index (χ2v) is 10.4. The van der Waals surface area contributed by atoms with Gasteiger partial charge in [-0.3, -0.25) is 4.79 Å². The number of amides is 1. The monoisotopic (exact) mass is 454 g/mol. The van der Waals surface area contributed by atoms with Gasteiger partial charge >= 0.3 is 0 Å². The van der Waals surface area contributed by atoms with Gasteiger partial charge in [-0.1, -0.05) is 6.07 Å². The van der Waals surface area contributed by atoms with Crippen LogP contribution in [0.3, 0.4) is 0 Å². The van der Waals surface area contributed by atoms with Gasteiger partial charge in [-0.15, -0.1) is 0 Å². The molecule has 3 rings (SSSR count). The SMILES string of the molecule is CS(=O)(=O)c1cccc(NC(=O)CCNS(=O)(=O)c2ccc3c(c2)OCCCO3)c1. The van der Waals surface area contributed by atoms with Crippen molar-refractivity contribution in [2.24, 2.45) is 0 Å². The number of benzene rings is 2. The molecule has 0 aromatic heterocycles. The van der Waals surface area contributed by atoms with Crippen LogP contribution in [0, 0.1) is 0 Å². The summed E-state index contributed by atoms with van der Waals surface area (Å²) in [6.07, 6.45) is 1.65. The largest absolute Gasteiger partial charge is 0.490 e. The quantitative estimate of drug-likeness (QED) is 0.650. The number of sulfone groups is 1. The minimum atomic E-state index is -3.85. The lowest BCUT2D eigenvalue weighted by Gasteiger charge is -2.11. The molecule has 1 aliphatic rings. The fourth-order valence-corrected chi connectivity index (χ4v) is 4.43. The fraction of sp³-hybridized carbons (Fsp3) is 0.316. The van der Waals surface area contributed by atoms with Crippen LogP contribution in [0.1, 0.15) is 12.8 Å². The summed E-state index contributed by atoms with van der Waals surface area (Å²) in [6.45, 7) is 0.804. The lowest BCUT2D eigenvalue weighted by Crippen LogP contribution is -2.28. The molecule has 2 aromatic carbocycles. The van der Waals surface area contributed by atoms with Gasteiger partial charge in [0.1, 0.15) is 0 Å². The number of carbonyl (C=O) groups excluding carboxylic acids is 1. The van der Waals surface area contributed by atoms with E-state index in [2.05, 4.69) is 10.0 Å². The van der Waals surface area contributed by atoms with Crippen LogP contribution >= 0.6 is 0 Å². The molecule has 0 saturated heterocycles. The highest BCUT2D eigenvalue weighted by Crippen LogP contribution is 2.31. The molecule has 2 aromatic rings. The van der Waals surface area contributed by atoms with Crippen molar-refractivity contribution in [3.05, 3.63) is 42.5 Å². The average Bonchev–Trinajstić information content (AvgIpc) is 2.92. The Hall–Kier alpha value is -2.63. The summed E-state index contributed by atoms with van der Waals surface area (Å²) in [7, 11) is -7.24. The van der Waals surface area contributed by atoms with E-state index in [1.807, 2.05) is 0 Å². The molecule has 0 fully saturated rings. The Kier molecular flexibility index (Phi) is 6.64. The predicted octanol–water partition coefficient (Wildman–Crippen LogP) is 1.56. The molecule has 11 heteroatoms. The molecule has 0 radical (unpaired) electrons. The molecule has 0 spiro atoms. The topological polar surface area (TPSA) is 128 Å². The summed E-state index contributed by atoms with van der Waals surface area (Å²) in [5.74, 6) is 0.392. The van der Waals surface area contributed by atoms with Crippen LogP contribution in [0.4, 0.5) is 5.69 Å². The maximum Gasteiger partial charge on any atom is 0.240 e. The molecule has 162 valence electrons. The lowest BCUT2D eigenvalue weighted by atomic mass is 10.3. The Balaban J connectivity index is 1.58. The Morgan fingerprint density at radius 2 is 1.70 bits per heavy atom.